The summed E-state index contributed by atoms with van der Waals surface area (Å²) in [4.78, 5) is 10.7. The third kappa shape index (κ3) is 3.19. The number of nitrogens with one attached hydrogen (secondary N) is 1. The number of hydrogen-bond acceptors (Lipinski definition) is 4. The van der Waals surface area contributed by atoms with Crippen LogP contribution in [0.2, 0.25) is 0 Å². The second-order valence-corrected chi connectivity index (χ2v) is 5.24. The van der Waals surface area contributed by atoms with E-state index in [9.17, 15) is 10.1 Å². The molecule has 0 amide bonds. The Bertz CT molecular complexity index is 580. The average Bonchev–Trinajstić information content (AvgIpc) is 2.81. The molecule has 1 aromatic carbocycles. The minimum Gasteiger partial charge on any atom is -0.306 e. The van der Waals surface area contributed by atoms with Crippen LogP contribution in [0.15, 0.2) is 35.0 Å². The van der Waals surface area contributed by atoms with Crippen molar-refractivity contribution in [3.8, 4) is 0 Å². The Morgan fingerprint density at radius 3 is 2.74 bits per heavy atom. The second-order valence-electron chi connectivity index (χ2n) is 4.50. The van der Waals surface area contributed by atoms with Crippen LogP contribution in [-0.2, 0) is 6.54 Å². The van der Waals surface area contributed by atoms with Crippen molar-refractivity contribution < 1.29 is 4.92 Å². The Balaban J connectivity index is 2.10. The fraction of sp³-hybridized carbons (Fsp3) is 0.286. The monoisotopic (exact) mass is 276 g/mol. The average molecular weight is 276 g/mol. The van der Waals surface area contributed by atoms with Gasteiger partial charge in [-0.15, -0.1) is 0 Å². The first-order valence-corrected chi connectivity index (χ1v) is 7.02. The molecule has 0 saturated carbocycles. The highest BCUT2D eigenvalue weighted by atomic mass is 32.1. The van der Waals surface area contributed by atoms with Crippen molar-refractivity contribution in [2.24, 2.45) is 0 Å². The molecule has 4 nitrogen and oxygen atoms in total. The Kier molecular flexibility index (Phi) is 4.29. The molecule has 1 heterocycles. The lowest BCUT2D eigenvalue weighted by atomic mass is 10.1. The fourth-order valence-electron chi connectivity index (χ4n) is 1.96. The first kappa shape index (κ1) is 13.7. The van der Waals surface area contributed by atoms with E-state index in [-0.39, 0.29) is 16.7 Å². The highest BCUT2D eigenvalue weighted by Crippen LogP contribution is 2.25. The summed E-state index contributed by atoms with van der Waals surface area (Å²) in [5.41, 5.74) is 3.40. The summed E-state index contributed by atoms with van der Waals surface area (Å²) in [7, 11) is 0. The van der Waals surface area contributed by atoms with Crippen LogP contribution in [-0.4, -0.2) is 4.92 Å². The summed E-state index contributed by atoms with van der Waals surface area (Å²) in [6, 6.07) is 6.81. The zero-order chi connectivity index (χ0) is 13.8. The van der Waals surface area contributed by atoms with Gasteiger partial charge in [-0.1, -0.05) is 18.2 Å². The number of benzene rings is 1. The third-order valence-corrected chi connectivity index (χ3v) is 4.07. The Morgan fingerprint density at radius 1 is 1.37 bits per heavy atom. The molecule has 0 radical (unpaired) electrons. The summed E-state index contributed by atoms with van der Waals surface area (Å²) >= 11 is 1.67. The van der Waals surface area contributed by atoms with Crippen molar-refractivity contribution >= 4 is 17.0 Å². The van der Waals surface area contributed by atoms with Crippen molar-refractivity contribution in [3.05, 3.63) is 61.8 Å². The molecule has 2 rings (SSSR count). The van der Waals surface area contributed by atoms with E-state index in [4.69, 9.17) is 0 Å². The summed E-state index contributed by atoms with van der Waals surface area (Å²) in [5, 5.41) is 18.5. The van der Waals surface area contributed by atoms with Gasteiger partial charge in [-0.25, -0.2) is 0 Å². The molecular formula is C14H16N2O2S. The first-order valence-electron chi connectivity index (χ1n) is 6.08. The van der Waals surface area contributed by atoms with Crippen LogP contribution in [0, 0.1) is 17.0 Å². The summed E-state index contributed by atoms with van der Waals surface area (Å²) in [6.45, 7) is 4.75. The number of nitro benzene ring substituents is 1. The van der Waals surface area contributed by atoms with Gasteiger partial charge in [-0.2, -0.15) is 11.3 Å². The van der Waals surface area contributed by atoms with E-state index in [0.717, 1.165) is 12.1 Å². The topological polar surface area (TPSA) is 55.2 Å². The summed E-state index contributed by atoms with van der Waals surface area (Å²) < 4.78 is 0. The molecule has 0 aliphatic rings. The molecule has 1 unspecified atom stereocenters. The van der Waals surface area contributed by atoms with Crippen LogP contribution in [0.5, 0.6) is 0 Å². The number of hydrogen-bond donors (Lipinski definition) is 1. The van der Waals surface area contributed by atoms with E-state index in [2.05, 4.69) is 23.0 Å². The molecule has 0 aliphatic heterocycles. The maximum Gasteiger partial charge on any atom is 0.274 e. The van der Waals surface area contributed by atoms with Crippen LogP contribution < -0.4 is 5.32 Å². The van der Waals surface area contributed by atoms with Gasteiger partial charge in [0.25, 0.3) is 5.69 Å². The van der Waals surface area contributed by atoms with Crippen molar-refractivity contribution in [1.82, 2.24) is 5.32 Å². The molecule has 0 aliphatic carbocycles. The molecule has 2 aromatic rings. The van der Waals surface area contributed by atoms with E-state index in [1.165, 1.54) is 11.1 Å². The number of aryl methyl sites for hydroxylation is 1. The van der Waals surface area contributed by atoms with Crippen LogP contribution in [0.1, 0.15) is 29.7 Å². The van der Waals surface area contributed by atoms with Gasteiger partial charge in [-0.3, -0.25) is 10.1 Å². The quantitative estimate of drug-likeness (QED) is 0.667. The molecular weight excluding hydrogens is 260 g/mol. The van der Waals surface area contributed by atoms with Gasteiger partial charge in [0, 0.05) is 24.2 Å². The molecule has 1 atom stereocenters. The van der Waals surface area contributed by atoms with E-state index in [0.29, 0.717) is 0 Å². The minimum absolute atomic E-state index is 0.0547. The number of thiophene rings is 1. The van der Waals surface area contributed by atoms with Gasteiger partial charge in [0.2, 0.25) is 0 Å². The number of nitrogens with zero attached hydrogens (tertiary/aromatic N) is 1. The predicted octanol–water partition coefficient (Wildman–Crippen LogP) is 3.82. The Hall–Kier alpha value is -1.72. The minimum atomic E-state index is -0.330. The molecule has 19 heavy (non-hydrogen) atoms. The number of rotatable bonds is 5. The number of nitro groups is 1. The van der Waals surface area contributed by atoms with E-state index in [1.807, 2.05) is 13.0 Å². The molecule has 5 heteroatoms. The maximum absolute atomic E-state index is 11.0. The largest absolute Gasteiger partial charge is 0.306 e. The normalized spacial score (nSPS) is 12.3. The zero-order valence-corrected chi connectivity index (χ0v) is 11.7. The van der Waals surface area contributed by atoms with Crippen LogP contribution in [0.3, 0.4) is 0 Å². The zero-order valence-electron chi connectivity index (χ0n) is 10.9. The second kappa shape index (κ2) is 5.95. The molecule has 0 spiro atoms. The van der Waals surface area contributed by atoms with Crippen molar-refractivity contribution in [2.45, 2.75) is 26.4 Å². The molecule has 100 valence electrons. The first-order chi connectivity index (χ1) is 9.09. The highest BCUT2D eigenvalue weighted by molar-refractivity contribution is 7.08. The lowest BCUT2D eigenvalue weighted by Crippen LogP contribution is -2.19. The lowest BCUT2D eigenvalue weighted by Gasteiger charge is -2.14. The predicted molar refractivity (Wildman–Crippen MR) is 77.4 cm³/mol. The highest BCUT2D eigenvalue weighted by Gasteiger charge is 2.17. The maximum atomic E-state index is 11.0. The lowest BCUT2D eigenvalue weighted by molar-refractivity contribution is -0.385. The molecule has 0 bridgehead atoms. The smallest absolute Gasteiger partial charge is 0.274 e. The molecule has 1 aromatic heterocycles. The molecule has 0 fully saturated rings. The number of para-hydroxylation sites is 1. The van der Waals surface area contributed by atoms with Crippen LogP contribution in [0.4, 0.5) is 5.69 Å². The summed E-state index contributed by atoms with van der Waals surface area (Å²) in [6.07, 6.45) is 0. The van der Waals surface area contributed by atoms with Crippen molar-refractivity contribution in [2.75, 3.05) is 0 Å². The third-order valence-electron chi connectivity index (χ3n) is 3.16. The van der Waals surface area contributed by atoms with Crippen LogP contribution in [0.25, 0.3) is 0 Å². The summed E-state index contributed by atoms with van der Waals surface area (Å²) in [5.74, 6) is 0. The van der Waals surface area contributed by atoms with Gasteiger partial charge in [0.05, 0.1) is 4.92 Å². The van der Waals surface area contributed by atoms with Gasteiger partial charge >= 0.3 is 0 Å². The van der Waals surface area contributed by atoms with E-state index >= 15 is 0 Å². The van der Waals surface area contributed by atoms with Gasteiger partial charge in [0.15, 0.2) is 0 Å². The van der Waals surface area contributed by atoms with E-state index in [1.54, 1.807) is 29.5 Å². The van der Waals surface area contributed by atoms with Gasteiger partial charge in [-0.05, 0) is 35.7 Å². The molecule has 0 saturated heterocycles. The standard InChI is InChI=1S/C14H16N2O2S/c1-10-8-19-9-12(10)7-15-11(2)13-5-3-4-6-14(13)16(17)18/h3-6,8-9,11,15H,7H2,1-2H3. The van der Waals surface area contributed by atoms with E-state index < -0.39 is 0 Å². The fourth-order valence-corrected chi connectivity index (χ4v) is 2.82. The Morgan fingerprint density at radius 2 is 2.11 bits per heavy atom. The SMILES string of the molecule is Cc1cscc1CNC(C)c1ccccc1[N+](=O)[O-]. The van der Waals surface area contributed by atoms with Crippen molar-refractivity contribution in [3.63, 3.8) is 0 Å². The van der Waals surface area contributed by atoms with Gasteiger partial charge < -0.3 is 5.32 Å². The van der Waals surface area contributed by atoms with Gasteiger partial charge in [0.1, 0.15) is 0 Å². The van der Waals surface area contributed by atoms with Crippen molar-refractivity contribution in [1.29, 1.82) is 0 Å². The molecule has 1 N–H and O–H groups in total. The Labute approximate surface area is 116 Å². The van der Waals surface area contributed by atoms with Crippen LogP contribution >= 0.6 is 11.3 Å².